The Bertz CT molecular complexity index is 762. The quantitative estimate of drug-likeness (QED) is 0.677. The van der Waals surface area contributed by atoms with Crippen LogP contribution in [0.1, 0.15) is 11.1 Å². The maximum absolute atomic E-state index is 13.4. The summed E-state index contributed by atoms with van der Waals surface area (Å²) in [6.07, 6.45) is 0. The van der Waals surface area contributed by atoms with Gasteiger partial charge in [-0.05, 0) is 37.1 Å². The molecular weight excluding hydrogens is 303 g/mol. The van der Waals surface area contributed by atoms with Crippen molar-refractivity contribution in [2.24, 2.45) is 0 Å². The van der Waals surface area contributed by atoms with Crippen LogP contribution < -0.4 is 10.1 Å². The van der Waals surface area contributed by atoms with Crippen molar-refractivity contribution in [2.45, 2.75) is 13.8 Å². The molecule has 2 rings (SSSR count). The molecule has 2 aromatic rings. The highest BCUT2D eigenvalue weighted by atomic mass is 19.1. The second-order valence-corrected chi connectivity index (χ2v) is 5.00. The average Bonchev–Trinajstić information content (AvgIpc) is 2.48. The van der Waals surface area contributed by atoms with Crippen LogP contribution in [0, 0.1) is 29.8 Å². The largest absolute Gasteiger partial charge is 0.477 e. The topological polar surface area (TPSA) is 81.5 Å². The molecule has 0 aromatic heterocycles. The normalized spacial score (nSPS) is 10.2. The standard InChI is InChI=1S/C16H15FN2O4/c1-10-7-11(2)16(14(8-10)19(21)22)23-9-15(20)18-13-6-4-3-5-12(13)17/h3-8H,9H2,1-2H3,(H,18,20). The van der Waals surface area contributed by atoms with Crippen molar-refractivity contribution in [2.75, 3.05) is 11.9 Å². The number of ether oxygens (including phenoxy) is 1. The number of amides is 1. The fourth-order valence-corrected chi connectivity index (χ4v) is 2.14. The summed E-state index contributed by atoms with van der Waals surface area (Å²) in [7, 11) is 0. The van der Waals surface area contributed by atoms with Gasteiger partial charge in [-0.3, -0.25) is 14.9 Å². The molecule has 1 N–H and O–H groups in total. The Labute approximate surface area is 132 Å². The van der Waals surface area contributed by atoms with Crippen LogP contribution in [-0.4, -0.2) is 17.4 Å². The molecule has 0 atom stereocenters. The summed E-state index contributed by atoms with van der Waals surface area (Å²) in [6, 6.07) is 8.79. The van der Waals surface area contributed by atoms with Gasteiger partial charge in [0, 0.05) is 6.07 Å². The smallest absolute Gasteiger partial charge is 0.311 e. The first-order valence-corrected chi connectivity index (χ1v) is 6.81. The third kappa shape index (κ3) is 4.03. The van der Waals surface area contributed by atoms with Gasteiger partial charge in [0.05, 0.1) is 10.6 Å². The van der Waals surface area contributed by atoms with Crippen LogP contribution in [-0.2, 0) is 4.79 Å². The van der Waals surface area contributed by atoms with Crippen molar-refractivity contribution in [1.29, 1.82) is 0 Å². The zero-order valence-corrected chi connectivity index (χ0v) is 12.6. The van der Waals surface area contributed by atoms with E-state index in [4.69, 9.17) is 4.74 Å². The van der Waals surface area contributed by atoms with Gasteiger partial charge in [0.2, 0.25) is 5.75 Å². The van der Waals surface area contributed by atoms with E-state index < -0.39 is 23.3 Å². The number of hydrogen-bond acceptors (Lipinski definition) is 4. The number of hydrogen-bond donors (Lipinski definition) is 1. The molecule has 0 unspecified atom stereocenters. The number of nitrogens with zero attached hydrogens (tertiary/aromatic N) is 1. The zero-order chi connectivity index (χ0) is 17.0. The molecule has 2 aromatic carbocycles. The van der Waals surface area contributed by atoms with Gasteiger partial charge in [0.25, 0.3) is 5.91 Å². The summed E-state index contributed by atoms with van der Waals surface area (Å²) >= 11 is 0. The fraction of sp³-hybridized carbons (Fsp3) is 0.188. The molecule has 1 amide bonds. The molecular formula is C16H15FN2O4. The number of rotatable bonds is 5. The minimum Gasteiger partial charge on any atom is -0.477 e. The highest BCUT2D eigenvalue weighted by molar-refractivity contribution is 5.92. The molecule has 0 heterocycles. The minimum atomic E-state index is -0.607. The average molecular weight is 318 g/mol. The number of aryl methyl sites for hydroxylation is 2. The van der Waals surface area contributed by atoms with E-state index in [1.165, 1.54) is 24.3 Å². The Hall–Kier alpha value is -2.96. The maximum atomic E-state index is 13.4. The third-order valence-corrected chi connectivity index (χ3v) is 3.09. The molecule has 6 nitrogen and oxygen atoms in total. The van der Waals surface area contributed by atoms with Gasteiger partial charge in [-0.2, -0.15) is 0 Å². The summed E-state index contributed by atoms with van der Waals surface area (Å²) in [5.74, 6) is -1.15. The molecule has 0 aliphatic carbocycles. The van der Waals surface area contributed by atoms with E-state index in [0.29, 0.717) is 5.56 Å². The number of benzene rings is 2. The van der Waals surface area contributed by atoms with Crippen molar-refractivity contribution in [3.8, 4) is 5.75 Å². The van der Waals surface area contributed by atoms with Crippen LogP contribution >= 0.6 is 0 Å². The van der Waals surface area contributed by atoms with E-state index in [0.717, 1.165) is 5.56 Å². The number of nitrogens with one attached hydrogen (secondary N) is 1. The lowest BCUT2D eigenvalue weighted by molar-refractivity contribution is -0.385. The first-order chi connectivity index (χ1) is 10.9. The van der Waals surface area contributed by atoms with E-state index in [-0.39, 0.29) is 17.1 Å². The Kier molecular flexibility index (Phi) is 4.90. The SMILES string of the molecule is Cc1cc(C)c(OCC(=O)Nc2ccccc2F)c([N+](=O)[O-])c1. The van der Waals surface area contributed by atoms with E-state index in [1.807, 2.05) is 0 Å². The molecule has 0 aliphatic rings. The number of nitro benzene ring substituents is 1. The van der Waals surface area contributed by atoms with Gasteiger partial charge in [-0.25, -0.2) is 4.39 Å². The molecule has 7 heteroatoms. The van der Waals surface area contributed by atoms with Gasteiger partial charge in [-0.1, -0.05) is 18.2 Å². The Morgan fingerprint density at radius 3 is 2.65 bits per heavy atom. The highest BCUT2D eigenvalue weighted by Crippen LogP contribution is 2.32. The summed E-state index contributed by atoms with van der Waals surface area (Å²) < 4.78 is 18.7. The fourth-order valence-electron chi connectivity index (χ4n) is 2.14. The number of halogens is 1. The first-order valence-electron chi connectivity index (χ1n) is 6.81. The number of carbonyl (C=O) groups is 1. The van der Waals surface area contributed by atoms with E-state index >= 15 is 0 Å². The van der Waals surface area contributed by atoms with Crippen LogP contribution in [0.2, 0.25) is 0 Å². The molecule has 23 heavy (non-hydrogen) atoms. The Morgan fingerprint density at radius 1 is 1.30 bits per heavy atom. The second-order valence-electron chi connectivity index (χ2n) is 5.00. The Balaban J connectivity index is 2.10. The molecule has 0 spiro atoms. The second kappa shape index (κ2) is 6.87. The highest BCUT2D eigenvalue weighted by Gasteiger charge is 2.19. The van der Waals surface area contributed by atoms with E-state index in [9.17, 15) is 19.3 Å². The molecule has 0 bridgehead atoms. The lowest BCUT2D eigenvalue weighted by Crippen LogP contribution is -2.21. The van der Waals surface area contributed by atoms with Gasteiger partial charge >= 0.3 is 5.69 Å². The predicted molar refractivity (Wildman–Crippen MR) is 83.1 cm³/mol. The lowest BCUT2D eigenvalue weighted by atomic mass is 10.1. The molecule has 0 saturated carbocycles. The number of para-hydroxylation sites is 1. The zero-order valence-electron chi connectivity index (χ0n) is 12.6. The first kappa shape index (κ1) is 16.4. The van der Waals surface area contributed by atoms with Crippen molar-refractivity contribution >= 4 is 17.3 Å². The Morgan fingerprint density at radius 2 is 2.00 bits per heavy atom. The number of nitro groups is 1. The van der Waals surface area contributed by atoms with Crippen molar-refractivity contribution in [3.05, 3.63) is 63.5 Å². The van der Waals surface area contributed by atoms with Crippen molar-refractivity contribution < 1.29 is 18.8 Å². The van der Waals surface area contributed by atoms with Crippen LogP contribution in [0.15, 0.2) is 36.4 Å². The van der Waals surface area contributed by atoms with Gasteiger partial charge < -0.3 is 10.1 Å². The summed E-state index contributed by atoms with van der Waals surface area (Å²) in [4.78, 5) is 22.3. The summed E-state index contributed by atoms with van der Waals surface area (Å²) in [5, 5.41) is 13.4. The molecule has 0 aliphatic heterocycles. The van der Waals surface area contributed by atoms with E-state index in [1.54, 1.807) is 26.0 Å². The third-order valence-electron chi connectivity index (χ3n) is 3.09. The number of anilines is 1. The van der Waals surface area contributed by atoms with Crippen molar-refractivity contribution in [1.82, 2.24) is 0 Å². The van der Waals surface area contributed by atoms with Gasteiger partial charge in [0.1, 0.15) is 5.82 Å². The minimum absolute atomic E-state index is 0.0243. The molecule has 0 radical (unpaired) electrons. The monoisotopic (exact) mass is 318 g/mol. The van der Waals surface area contributed by atoms with E-state index in [2.05, 4.69) is 5.32 Å². The van der Waals surface area contributed by atoms with Crippen LogP contribution in [0.3, 0.4) is 0 Å². The van der Waals surface area contributed by atoms with Gasteiger partial charge in [-0.15, -0.1) is 0 Å². The van der Waals surface area contributed by atoms with Crippen molar-refractivity contribution in [3.63, 3.8) is 0 Å². The van der Waals surface area contributed by atoms with Crippen LogP contribution in [0.25, 0.3) is 0 Å². The molecule has 0 saturated heterocycles. The molecule has 120 valence electrons. The summed E-state index contributed by atoms with van der Waals surface area (Å²) in [5.41, 5.74) is 1.09. The van der Waals surface area contributed by atoms with Gasteiger partial charge in [0.15, 0.2) is 6.61 Å². The lowest BCUT2D eigenvalue weighted by Gasteiger charge is -2.11. The van der Waals surface area contributed by atoms with Crippen LogP contribution in [0.5, 0.6) is 5.75 Å². The van der Waals surface area contributed by atoms with Crippen LogP contribution in [0.4, 0.5) is 15.8 Å². The predicted octanol–water partition coefficient (Wildman–Crippen LogP) is 3.37. The molecule has 0 fully saturated rings. The number of carbonyl (C=O) groups excluding carboxylic acids is 1. The summed E-state index contributed by atoms with van der Waals surface area (Å²) in [6.45, 7) is 2.93. The maximum Gasteiger partial charge on any atom is 0.311 e.